The third kappa shape index (κ3) is 12.2. The fourth-order valence-electron chi connectivity index (χ4n) is 5.34. The van der Waals surface area contributed by atoms with Crippen molar-refractivity contribution in [2.75, 3.05) is 17.2 Å². The van der Waals surface area contributed by atoms with Crippen LogP contribution in [0, 0.1) is 13.8 Å². The molecule has 0 spiro atoms. The third-order valence-electron chi connectivity index (χ3n) is 7.24. The number of hydrogen-bond donors (Lipinski definition) is 3. The molecule has 9 nitrogen and oxygen atoms in total. The molecule has 0 bridgehead atoms. The summed E-state index contributed by atoms with van der Waals surface area (Å²) in [7, 11) is 0. The van der Waals surface area contributed by atoms with Gasteiger partial charge in [-0.05, 0) is 118 Å². The first kappa shape index (κ1) is 40.6. The zero-order valence-electron chi connectivity index (χ0n) is 29.7. The summed E-state index contributed by atoms with van der Waals surface area (Å²) in [4.78, 5) is 37.7. The molecule has 3 N–H and O–H groups in total. The van der Waals surface area contributed by atoms with Gasteiger partial charge in [-0.2, -0.15) is 0 Å². The average Bonchev–Trinajstić information content (AvgIpc) is 3.01. The summed E-state index contributed by atoms with van der Waals surface area (Å²) in [5.74, 6) is -2.02. The Labute approximate surface area is 324 Å². The topological polar surface area (TPSA) is 115 Å². The maximum atomic E-state index is 12.8. The smallest absolute Gasteiger partial charge is 0.333 e. The Morgan fingerprint density at radius 3 is 1.48 bits per heavy atom. The van der Waals surface area contributed by atoms with Gasteiger partial charge in [0.25, 0.3) is 5.91 Å². The highest BCUT2D eigenvalue weighted by Gasteiger charge is 2.19. The van der Waals surface area contributed by atoms with Crippen LogP contribution in [0.2, 0.25) is 20.1 Å². The average molecular weight is 790 g/mol. The van der Waals surface area contributed by atoms with Gasteiger partial charge in [-0.1, -0.05) is 58.5 Å². The predicted molar refractivity (Wildman–Crippen MR) is 209 cm³/mol. The molecule has 276 valence electrons. The molecule has 0 saturated heterocycles. The summed E-state index contributed by atoms with van der Waals surface area (Å²) in [5.41, 5.74) is 6.40. The summed E-state index contributed by atoms with van der Waals surface area (Å²) >= 11 is 25.7. The number of esters is 2. The molecule has 4 aromatic carbocycles. The number of benzene rings is 4. The second-order valence-electron chi connectivity index (χ2n) is 13.0. The summed E-state index contributed by atoms with van der Waals surface area (Å²) in [5, 5.41) is 9.76. The number of carbonyl (C=O) groups is 3. The van der Waals surface area contributed by atoms with E-state index >= 15 is 0 Å². The van der Waals surface area contributed by atoms with Gasteiger partial charge in [0.2, 0.25) is 0 Å². The van der Waals surface area contributed by atoms with Crippen molar-refractivity contribution < 1.29 is 28.6 Å². The fraction of sp³-hybridized carbons (Fsp3) is 0.308. The Bertz CT molecular complexity index is 1900. The molecule has 0 aromatic heterocycles. The Balaban J connectivity index is 1.28. The summed E-state index contributed by atoms with van der Waals surface area (Å²) < 4.78 is 16.7. The molecule has 0 aliphatic rings. The minimum absolute atomic E-state index is 0.0853. The molecular weight excluding hydrogens is 748 g/mol. The van der Waals surface area contributed by atoms with Crippen LogP contribution in [0.1, 0.15) is 65.9 Å². The zero-order chi connectivity index (χ0) is 38.1. The first-order valence-electron chi connectivity index (χ1n) is 16.5. The minimum atomic E-state index is -0.971. The predicted octanol–water partition coefficient (Wildman–Crippen LogP) is 9.76. The lowest BCUT2D eigenvalue weighted by molar-refractivity contribution is -0.158. The van der Waals surface area contributed by atoms with Gasteiger partial charge in [0, 0.05) is 29.0 Å². The zero-order valence-corrected chi connectivity index (χ0v) is 32.7. The fourth-order valence-corrected chi connectivity index (χ4v) is 6.57. The van der Waals surface area contributed by atoms with E-state index in [1.165, 1.54) is 24.3 Å². The monoisotopic (exact) mass is 787 g/mol. The Kier molecular flexibility index (Phi) is 14.5. The van der Waals surface area contributed by atoms with Crippen molar-refractivity contribution in [3.8, 4) is 11.5 Å². The van der Waals surface area contributed by atoms with Gasteiger partial charge in [-0.25, -0.2) is 4.79 Å². The van der Waals surface area contributed by atoms with Gasteiger partial charge in [0.05, 0.1) is 26.5 Å². The van der Waals surface area contributed by atoms with Crippen molar-refractivity contribution in [2.45, 2.75) is 73.3 Å². The second-order valence-corrected chi connectivity index (χ2v) is 14.6. The highest BCUT2D eigenvalue weighted by atomic mass is 35.5. The number of amides is 1. The number of aryl methyl sites for hydroxylation is 2. The van der Waals surface area contributed by atoms with Crippen molar-refractivity contribution >= 4 is 75.6 Å². The largest absolute Gasteiger partial charge is 0.486 e. The van der Waals surface area contributed by atoms with Crippen molar-refractivity contribution in [3.63, 3.8) is 0 Å². The number of halogens is 4. The van der Waals surface area contributed by atoms with E-state index in [0.717, 1.165) is 33.6 Å². The molecular formula is C39H41Cl4N3O6. The molecule has 0 atom stereocenters. The van der Waals surface area contributed by atoms with Crippen LogP contribution in [0.25, 0.3) is 0 Å². The molecule has 0 saturated carbocycles. The van der Waals surface area contributed by atoms with E-state index in [2.05, 4.69) is 43.6 Å². The molecule has 0 fully saturated rings. The summed E-state index contributed by atoms with van der Waals surface area (Å²) in [6.07, 6.45) is -0.299. The molecule has 4 rings (SSSR count). The molecule has 13 heteroatoms. The Hall–Kier alpha value is -4.15. The lowest BCUT2D eigenvalue weighted by atomic mass is 10.1. The number of ether oxygens (including phenoxy) is 3. The standard InChI is InChI=1S/C39H41Cl4N3O6/c1-21(2)45-29-9-23(5)7-26(11-29)19-50-37-31(40)13-25(14-32(37)41)15-35(47)52-36(48)18-44-39(49)28-16-33(42)38(34(43)17-28)51-20-27-8-24(6)10-30(12-27)46-22(3)4/h7-14,16-17,21-22,45-46H,15,18-20H2,1-6H3,(H,44,49). The Morgan fingerprint density at radius 2 is 1.04 bits per heavy atom. The van der Waals surface area contributed by atoms with E-state index in [1.54, 1.807) is 0 Å². The molecule has 0 aliphatic carbocycles. The SMILES string of the molecule is Cc1cc(COc2c(Cl)cc(CC(=O)OC(=O)CNC(=O)c3cc(Cl)c(OCc4cc(C)cc(NC(C)C)c4)c(Cl)c3)cc2Cl)cc(NC(C)C)c1. The first-order valence-corrected chi connectivity index (χ1v) is 18.1. The van der Waals surface area contributed by atoms with Gasteiger partial charge in [0.1, 0.15) is 19.8 Å². The highest BCUT2D eigenvalue weighted by molar-refractivity contribution is 6.38. The van der Waals surface area contributed by atoms with Crippen LogP contribution >= 0.6 is 46.4 Å². The number of rotatable bonds is 15. The molecule has 1 amide bonds. The number of nitrogens with one attached hydrogen (secondary N) is 3. The quantitative estimate of drug-likeness (QED) is 0.0806. The molecule has 4 aromatic rings. The van der Waals surface area contributed by atoms with E-state index in [9.17, 15) is 14.4 Å². The normalized spacial score (nSPS) is 11.0. The first-order chi connectivity index (χ1) is 24.6. The van der Waals surface area contributed by atoms with Crippen molar-refractivity contribution in [1.29, 1.82) is 0 Å². The van der Waals surface area contributed by atoms with E-state index in [1.807, 2.05) is 50.2 Å². The van der Waals surface area contributed by atoms with E-state index in [0.29, 0.717) is 5.56 Å². The number of carbonyl (C=O) groups excluding carboxylic acids is 3. The van der Waals surface area contributed by atoms with Crippen LogP contribution in [-0.2, 0) is 34.0 Å². The van der Waals surface area contributed by atoms with Crippen LogP contribution in [0.3, 0.4) is 0 Å². The van der Waals surface area contributed by atoms with Crippen LogP contribution in [-0.4, -0.2) is 36.5 Å². The van der Waals surface area contributed by atoms with Crippen LogP contribution in [0.4, 0.5) is 11.4 Å². The van der Waals surface area contributed by atoms with E-state index < -0.39 is 24.4 Å². The van der Waals surface area contributed by atoms with Gasteiger partial charge in [-0.3, -0.25) is 9.59 Å². The van der Waals surface area contributed by atoms with Gasteiger partial charge < -0.3 is 30.2 Å². The van der Waals surface area contributed by atoms with Crippen molar-refractivity contribution in [3.05, 3.63) is 114 Å². The van der Waals surface area contributed by atoms with Crippen LogP contribution in [0.5, 0.6) is 11.5 Å². The molecule has 0 radical (unpaired) electrons. The third-order valence-corrected chi connectivity index (χ3v) is 8.36. The van der Waals surface area contributed by atoms with Crippen LogP contribution in [0.15, 0.2) is 60.7 Å². The van der Waals surface area contributed by atoms with Crippen LogP contribution < -0.4 is 25.4 Å². The Morgan fingerprint density at radius 1 is 0.596 bits per heavy atom. The second kappa shape index (κ2) is 18.6. The molecule has 52 heavy (non-hydrogen) atoms. The maximum Gasteiger partial charge on any atom is 0.333 e. The molecule has 0 aliphatic heterocycles. The minimum Gasteiger partial charge on any atom is -0.486 e. The van der Waals surface area contributed by atoms with Gasteiger partial charge in [0.15, 0.2) is 11.5 Å². The molecule has 0 heterocycles. The number of anilines is 2. The summed E-state index contributed by atoms with van der Waals surface area (Å²) in [6, 6.07) is 18.4. The van der Waals surface area contributed by atoms with Gasteiger partial charge >= 0.3 is 11.9 Å². The highest BCUT2D eigenvalue weighted by Crippen LogP contribution is 2.36. The van der Waals surface area contributed by atoms with E-state index in [-0.39, 0.29) is 68.9 Å². The summed E-state index contributed by atoms with van der Waals surface area (Å²) in [6.45, 7) is 12.0. The lowest BCUT2D eigenvalue weighted by Gasteiger charge is -2.15. The lowest BCUT2D eigenvalue weighted by Crippen LogP contribution is -2.32. The van der Waals surface area contributed by atoms with E-state index in [4.69, 9.17) is 60.6 Å². The number of hydrogen-bond acceptors (Lipinski definition) is 8. The van der Waals surface area contributed by atoms with Crippen molar-refractivity contribution in [1.82, 2.24) is 5.32 Å². The van der Waals surface area contributed by atoms with Crippen molar-refractivity contribution in [2.24, 2.45) is 0 Å². The maximum absolute atomic E-state index is 12.8. The van der Waals surface area contributed by atoms with Gasteiger partial charge in [-0.15, -0.1) is 0 Å². The molecule has 0 unspecified atom stereocenters.